The lowest BCUT2D eigenvalue weighted by Gasteiger charge is -2.24. The lowest BCUT2D eigenvalue weighted by Crippen LogP contribution is -2.34. The molecule has 0 saturated carbocycles. The Morgan fingerprint density at radius 3 is 2.75 bits per heavy atom. The summed E-state index contributed by atoms with van der Waals surface area (Å²) in [5.41, 5.74) is 6.29. The van der Waals surface area contributed by atoms with Crippen molar-refractivity contribution in [2.45, 2.75) is 26.3 Å². The van der Waals surface area contributed by atoms with Gasteiger partial charge in [-0.15, -0.1) is 0 Å². The molecule has 0 spiro atoms. The van der Waals surface area contributed by atoms with E-state index in [0.29, 0.717) is 23.2 Å². The summed E-state index contributed by atoms with van der Waals surface area (Å²) in [4.78, 5) is 0. The number of halogens is 2. The molecule has 90 valence electrons. The maximum atomic E-state index is 13.1. The zero-order valence-corrected chi connectivity index (χ0v) is 10.4. The van der Waals surface area contributed by atoms with Crippen LogP contribution in [0.15, 0.2) is 18.2 Å². The van der Waals surface area contributed by atoms with Gasteiger partial charge in [0.25, 0.3) is 0 Å². The van der Waals surface area contributed by atoms with Crippen LogP contribution in [-0.2, 0) is 0 Å². The van der Waals surface area contributed by atoms with E-state index in [1.807, 2.05) is 0 Å². The van der Waals surface area contributed by atoms with Crippen LogP contribution in [0.25, 0.3) is 0 Å². The summed E-state index contributed by atoms with van der Waals surface area (Å²) < 4.78 is 13.1. The Bertz CT molecular complexity index is 344. The maximum Gasteiger partial charge on any atom is 0.125 e. The van der Waals surface area contributed by atoms with Gasteiger partial charge in [0.05, 0.1) is 10.7 Å². The van der Waals surface area contributed by atoms with E-state index in [2.05, 4.69) is 19.2 Å². The average Bonchev–Trinajstić information content (AvgIpc) is 2.29. The van der Waals surface area contributed by atoms with Crippen molar-refractivity contribution >= 4 is 17.3 Å². The van der Waals surface area contributed by atoms with Gasteiger partial charge in [0.15, 0.2) is 0 Å². The third-order valence-electron chi connectivity index (χ3n) is 2.85. The van der Waals surface area contributed by atoms with E-state index in [9.17, 15) is 4.39 Å². The van der Waals surface area contributed by atoms with Crippen LogP contribution in [-0.4, -0.2) is 12.6 Å². The number of anilines is 1. The Morgan fingerprint density at radius 1 is 1.50 bits per heavy atom. The first-order chi connectivity index (χ1) is 7.58. The summed E-state index contributed by atoms with van der Waals surface area (Å²) in [6.45, 7) is 4.71. The first-order valence-electron chi connectivity index (χ1n) is 5.50. The van der Waals surface area contributed by atoms with Crippen molar-refractivity contribution in [1.82, 2.24) is 0 Å². The van der Waals surface area contributed by atoms with E-state index >= 15 is 0 Å². The third-order valence-corrected chi connectivity index (χ3v) is 3.18. The van der Waals surface area contributed by atoms with Crippen LogP contribution in [0.1, 0.15) is 20.3 Å². The minimum Gasteiger partial charge on any atom is -0.379 e. The van der Waals surface area contributed by atoms with Gasteiger partial charge in [0.1, 0.15) is 5.82 Å². The van der Waals surface area contributed by atoms with E-state index in [1.165, 1.54) is 12.1 Å². The Hall–Kier alpha value is -0.800. The molecule has 2 nitrogen and oxygen atoms in total. The largest absolute Gasteiger partial charge is 0.379 e. The predicted molar refractivity (Wildman–Crippen MR) is 67.3 cm³/mol. The highest BCUT2D eigenvalue weighted by atomic mass is 35.5. The molecule has 3 N–H and O–H groups in total. The van der Waals surface area contributed by atoms with E-state index in [1.54, 1.807) is 6.07 Å². The van der Waals surface area contributed by atoms with Crippen LogP contribution >= 0.6 is 11.6 Å². The van der Waals surface area contributed by atoms with Gasteiger partial charge >= 0.3 is 0 Å². The molecule has 0 aliphatic heterocycles. The summed E-state index contributed by atoms with van der Waals surface area (Å²) in [5, 5.41) is 3.71. The molecule has 4 heteroatoms. The van der Waals surface area contributed by atoms with Gasteiger partial charge in [0.2, 0.25) is 0 Å². The molecule has 1 aromatic rings. The molecule has 2 unspecified atom stereocenters. The van der Waals surface area contributed by atoms with Crippen molar-refractivity contribution in [3.05, 3.63) is 29.0 Å². The topological polar surface area (TPSA) is 38.0 Å². The molecule has 2 atom stereocenters. The minimum absolute atomic E-state index is 0.115. The quantitative estimate of drug-likeness (QED) is 0.834. The van der Waals surface area contributed by atoms with Gasteiger partial charge in [-0.25, -0.2) is 4.39 Å². The van der Waals surface area contributed by atoms with Gasteiger partial charge in [-0.3, -0.25) is 0 Å². The molecule has 0 fully saturated rings. The molecule has 0 aliphatic rings. The molecule has 0 radical (unpaired) electrons. The maximum absolute atomic E-state index is 13.1. The molecular formula is C12H18ClFN2. The number of rotatable bonds is 5. The van der Waals surface area contributed by atoms with Crippen molar-refractivity contribution < 1.29 is 4.39 Å². The molecule has 0 aromatic heterocycles. The van der Waals surface area contributed by atoms with Gasteiger partial charge in [-0.05, 0) is 24.1 Å². The number of nitrogens with one attached hydrogen (secondary N) is 1. The lowest BCUT2D eigenvalue weighted by atomic mass is 9.99. The van der Waals surface area contributed by atoms with E-state index in [4.69, 9.17) is 17.3 Å². The molecule has 0 aliphatic carbocycles. The van der Waals surface area contributed by atoms with Crippen LogP contribution in [0.5, 0.6) is 0 Å². The molecule has 16 heavy (non-hydrogen) atoms. The summed E-state index contributed by atoms with van der Waals surface area (Å²) >= 11 is 5.98. The zero-order valence-electron chi connectivity index (χ0n) is 9.63. The van der Waals surface area contributed by atoms with Crippen molar-refractivity contribution in [3.8, 4) is 0 Å². The van der Waals surface area contributed by atoms with Gasteiger partial charge in [-0.1, -0.05) is 31.9 Å². The highest BCUT2D eigenvalue weighted by Crippen LogP contribution is 2.24. The number of hydrogen-bond acceptors (Lipinski definition) is 2. The smallest absolute Gasteiger partial charge is 0.125 e. The third kappa shape index (κ3) is 3.35. The monoisotopic (exact) mass is 244 g/mol. The second-order valence-corrected chi connectivity index (χ2v) is 4.40. The van der Waals surface area contributed by atoms with Crippen molar-refractivity contribution in [3.63, 3.8) is 0 Å². The van der Waals surface area contributed by atoms with Crippen LogP contribution in [0.2, 0.25) is 5.02 Å². The second-order valence-electron chi connectivity index (χ2n) is 4.00. The van der Waals surface area contributed by atoms with Crippen molar-refractivity contribution in [2.24, 2.45) is 11.7 Å². The SMILES string of the molecule is CCC(C)C(CN)Nc1cc(F)ccc1Cl. The number of nitrogens with two attached hydrogens (primary N) is 1. The van der Waals surface area contributed by atoms with Gasteiger partial charge < -0.3 is 11.1 Å². The van der Waals surface area contributed by atoms with E-state index in [0.717, 1.165) is 6.42 Å². The molecule has 0 heterocycles. The molecular weight excluding hydrogens is 227 g/mol. The molecule has 1 rings (SSSR count). The summed E-state index contributed by atoms with van der Waals surface area (Å²) in [7, 11) is 0. The first-order valence-corrected chi connectivity index (χ1v) is 5.88. The van der Waals surface area contributed by atoms with Gasteiger partial charge in [0, 0.05) is 12.6 Å². The van der Waals surface area contributed by atoms with Crippen LogP contribution in [0, 0.1) is 11.7 Å². The Balaban J connectivity index is 2.81. The van der Waals surface area contributed by atoms with Crippen molar-refractivity contribution in [2.75, 3.05) is 11.9 Å². The van der Waals surface area contributed by atoms with Crippen LogP contribution in [0.3, 0.4) is 0 Å². The predicted octanol–water partition coefficient (Wildman–Crippen LogP) is 3.26. The normalized spacial score (nSPS) is 14.6. The van der Waals surface area contributed by atoms with Crippen LogP contribution < -0.4 is 11.1 Å². The van der Waals surface area contributed by atoms with Crippen LogP contribution in [0.4, 0.5) is 10.1 Å². The number of hydrogen-bond donors (Lipinski definition) is 2. The summed E-state index contributed by atoms with van der Waals surface area (Å²) in [6, 6.07) is 4.40. The van der Waals surface area contributed by atoms with E-state index in [-0.39, 0.29) is 11.9 Å². The summed E-state index contributed by atoms with van der Waals surface area (Å²) in [5.74, 6) is 0.121. The fourth-order valence-electron chi connectivity index (χ4n) is 1.53. The van der Waals surface area contributed by atoms with Gasteiger partial charge in [-0.2, -0.15) is 0 Å². The lowest BCUT2D eigenvalue weighted by molar-refractivity contribution is 0.474. The molecule has 0 saturated heterocycles. The first kappa shape index (κ1) is 13.3. The summed E-state index contributed by atoms with van der Waals surface area (Å²) in [6.07, 6.45) is 1.02. The number of benzene rings is 1. The fourth-order valence-corrected chi connectivity index (χ4v) is 1.70. The molecule has 0 bridgehead atoms. The highest BCUT2D eigenvalue weighted by molar-refractivity contribution is 6.33. The molecule has 1 aromatic carbocycles. The highest BCUT2D eigenvalue weighted by Gasteiger charge is 2.15. The Labute approximate surface area is 101 Å². The second kappa shape index (κ2) is 6.06. The molecule has 0 amide bonds. The minimum atomic E-state index is -0.299. The zero-order chi connectivity index (χ0) is 12.1. The Morgan fingerprint density at radius 2 is 2.19 bits per heavy atom. The van der Waals surface area contributed by atoms with Crippen molar-refractivity contribution in [1.29, 1.82) is 0 Å². The Kier molecular flexibility index (Phi) is 5.03. The average molecular weight is 245 g/mol. The fraction of sp³-hybridized carbons (Fsp3) is 0.500. The standard InChI is InChI=1S/C12H18ClFN2/c1-3-8(2)12(7-15)16-11-6-9(14)4-5-10(11)13/h4-6,8,12,16H,3,7,15H2,1-2H3. The van der Waals surface area contributed by atoms with E-state index < -0.39 is 0 Å².